The van der Waals surface area contributed by atoms with Crippen LogP contribution >= 0.6 is 0 Å². The Morgan fingerprint density at radius 3 is 2.45 bits per heavy atom. The molecule has 2 bridgehead atoms. The van der Waals surface area contributed by atoms with Crippen molar-refractivity contribution in [2.24, 2.45) is 10.9 Å². The zero-order valence-electron chi connectivity index (χ0n) is 11.1. The fraction of sp³-hybridized carbons (Fsp3) is 0.500. The van der Waals surface area contributed by atoms with Crippen molar-refractivity contribution in [1.82, 2.24) is 4.90 Å². The summed E-state index contributed by atoms with van der Waals surface area (Å²) in [5.74, 6) is -9.66. The van der Waals surface area contributed by atoms with Crippen molar-refractivity contribution in [2.75, 3.05) is 7.05 Å². The Balaban J connectivity index is 2.66. The Hall–Kier alpha value is -2.89. The van der Waals surface area contributed by atoms with Crippen LogP contribution in [-0.4, -0.2) is 63.5 Å². The van der Waals surface area contributed by atoms with E-state index in [2.05, 4.69) is 19.5 Å². The summed E-state index contributed by atoms with van der Waals surface area (Å²) in [7, 11) is 0.966. The topological polar surface area (TPSA) is 178 Å². The molecule has 12 heteroatoms. The molecule has 0 aromatic heterocycles. The number of carboxylic acid groups (broad SMARTS) is 1. The number of aliphatic hydroxyl groups is 1. The lowest BCUT2D eigenvalue weighted by atomic mass is 9.96. The summed E-state index contributed by atoms with van der Waals surface area (Å²) in [4.78, 5) is 51.5. The van der Waals surface area contributed by atoms with E-state index in [1.54, 1.807) is 0 Å². The fourth-order valence-electron chi connectivity index (χ4n) is 1.83. The monoisotopic (exact) mass is 317 g/mol. The third-order valence-corrected chi connectivity index (χ3v) is 3.03. The molecule has 1 fully saturated rings. The summed E-state index contributed by atoms with van der Waals surface area (Å²) in [6, 6.07) is 0. The number of oxime groups is 1. The maximum absolute atomic E-state index is 12.0. The van der Waals surface area contributed by atoms with Gasteiger partial charge in [0.25, 0.3) is 0 Å². The van der Waals surface area contributed by atoms with Crippen LogP contribution < -0.4 is 5.73 Å². The van der Waals surface area contributed by atoms with Gasteiger partial charge in [-0.25, -0.2) is 14.4 Å². The zero-order valence-corrected chi connectivity index (χ0v) is 11.1. The second-order valence-electron chi connectivity index (χ2n) is 4.61. The van der Waals surface area contributed by atoms with E-state index in [9.17, 15) is 29.4 Å². The number of likely N-dealkylation sites (N-methyl/N-ethyl adjacent to an activating group) is 1. The lowest BCUT2D eigenvalue weighted by Gasteiger charge is -2.35. The van der Waals surface area contributed by atoms with Crippen LogP contribution in [0.1, 0.15) is 12.8 Å². The molecule has 2 aliphatic heterocycles. The van der Waals surface area contributed by atoms with E-state index in [4.69, 9.17) is 5.73 Å². The van der Waals surface area contributed by atoms with Gasteiger partial charge in [-0.05, 0) is 5.16 Å². The number of ether oxygens (including phenoxy) is 2. The van der Waals surface area contributed by atoms with E-state index >= 15 is 0 Å². The minimum absolute atomic E-state index is 0.454. The molecule has 2 heterocycles. The third-order valence-electron chi connectivity index (χ3n) is 3.03. The first-order valence-electron chi connectivity index (χ1n) is 5.79. The molecule has 0 aliphatic carbocycles. The largest absolute Gasteiger partial charge is 0.474 e. The minimum atomic E-state index is -2.99. The van der Waals surface area contributed by atoms with Crippen LogP contribution in [0.25, 0.3) is 0 Å². The van der Waals surface area contributed by atoms with Gasteiger partial charge >= 0.3 is 29.8 Å². The first-order valence-corrected chi connectivity index (χ1v) is 5.79. The highest BCUT2D eigenvalue weighted by atomic mass is 16.8. The lowest BCUT2D eigenvalue weighted by molar-refractivity contribution is -0.267. The van der Waals surface area contributed by atoms with Crippen molar-refractivity contribution in [3.63, 3.8) is 0 Å². The predicted octanol–water partition coefficient (Wildman–Crippen LogP) is -2.95. The third kappa shape index (κ3) is 2.28. The number of rotatable bonds is 1. The summed E-state index contributed by atoms with van der Waals surface area (Å²) < 4.78 is 9.26. The van der Waals surface area contributed by atoms with Crippen molar-refractivity contribution in [3.05, 3.63) is 0 Å². The van der Waals surface area contributed by atoms with Gasteiger partial charge in [0, 0.05) is 7.05 Å². The fourth-order valence-corrected chi connectivity index (χ4v) is 1.83. The molecule has 2 rings (SSSR count). The molecule has 12 nitrogen and oxygen atoms in total. The quantitative estimate of drug-likeness (QED) is 0.332. The van der Waals surface area contributed by atoms with Gasteiger partial charge in [0.15, 0.2) is 5.60 Å². The molecule has 0 aromatic rings. The van der Waals surface area contributed by atoms with Gasteiger partial charge in [-0.1, -0.05) is 0 Å². The SMILES string of the molecule is CN1/C(N)=N/OC(=O)CC2(O)CC(=O)OC1(C(=O)O)OC2=O. The average molecular weight is 317 g/mol. The average Bonchev–Trinajstić information content (AvgIpc) is 2.50. The molecule has 0 saturated carbocycles. The predicted molar refractivity (Wildman–Crippen MR) is 62.2 cm³/mol. The molecule has 2 atom stereocenters. The molecule has 0 spiro atoms. The van der Waals surface area contributed by atoms with E-state index in [1.807, 2.05) is 0 Å². The Morgan fingerprint density at radius 1 is 1.27 bits per heavy atom. The summed E-state index contributed by atoms with van der Waals surface area (Å²) in [6.45, 7) is 0. The van der Waals surface area contributed by atoms with Crippen molar-refractivity contribution >= 4 is 29.8 Å². The van der Waals surface area contributed by atoms with Gasteiger partial charge in [0.05, 0.1) is 12.8 Å². The molecule has 0 radical (unpaired) electrons. The summed E-state index contributed by atoms with van der Waals surface area (Å²) >= 11 is 0. The Kier molecular flexibility index (Phi) is 3.41. The number of carbonyl (C=O) groups excluding carboxylic acids is 3. The number of nitrogens with zero attached hydrogens (tertiary/aromatic N) is 2. The van der Waals surface area contributed by atoms with Gasteiger partial charge in [-0.15, -0.1) is 0 Å². The summed E-state index contributed by atoms with van der Waals surface area (Å²) in [5.41, 5.74) is 2.76. The number of guanidine groups is 1. The Labute approximate surface area is 122 Å². The molecule has 0 amide bonds. The second kappa shape index (κ2) is 4.84. The molecule has 4 N–H and O–H groups in total. The number of hydrogen-bond acceptors (Lipinski definition) is 11. The number of esters is 2. The highest BCUT2D eigenvalue weighted by Gasteiger charge is 2.60. The van der Waals surface area contributed by atoms with E-state index in [0.29, 0.717) is 4.90 Å². The van der Waals surface area contributed by atoms with E-state index in [-0.39, 0.29) is 0 Å². The highest BCUT2D eigenvalue weighted by molar-refractivity contribution is 5.96. The van der Waals surface area contributed by atoms with Crippen molar-refractivity contribution in [2.45, 2.75) is 24.4 Å². The molecular weight excluding hydrogens is 306 g/mol. The number of aliphatic carboxylic acids is 1. The van der Waals surface area contributed by atoms with Gasteiger partial charge in [0.2, 0.25) is 5.96 Å². The van der Waals surface area contributed by atoms with Gasteiger partial charge < -0.3 is 30.3 Å². The van der Waals surface area contributed by atoms with E-state index < -0.39 is 54.2 Å². The minimum Gasteiger partial charge on any atom is -0.474 e. The second-order valence-corrected chi connectivity index (χ2v) is 4.61. The maximum atomic E-state index is 12.0. The summed E-state index contributed by atoms with van der Waals surface area (Å²) in [5, 5.41) is 22.5. The highest BCUT2D eigenvalue weighted by Crippen LogP contribution is 2.31. The zero-order chi connectivity index (χ0) is 16.7. The van der Waals surface area contributed by atoms with Crippen LogP contribution in [0, 0.1) is 0 Å². The van der Waals surface area contributed by atoms with E-state index in [1.165, 1.54) is 0 Å². The number of fused-ring (bicyclic) bond motifs is 3. The first kappa shape index (κ1) is 15.5. The maximum Gasteiger partial charge on any atom is 0.448 e. The van der Waals surface area contributed by atoms with Gasteiger partial charge in [-0.3, -0.25) is 9.69 Å². The molecule has 1 saturated heterocycles. The molecule has 22 heavy (non-hydrogen) atoms. The van der Waals surface area contributed by atoms with Crippen molar-refractivity contribution in [3.8, 4) is 0 Å². The number of carbonyl (C=O) groups is 4. The number of hydrogen-bond donors (Lipinski definition) is 3. The molecule has 2 unspecified atom stereocenters. The van der Waals surface area contributed by atoms with Gasteiger partial charge in [-0.2, -0.15) is 0 Å². The number of nitrogens with two attached hydrogens (primary N) is 1. The van der Waals surface area contributed by atoms with Crippen molar-refractivity contribution < 1.29 is 43.7 Å². The normalized spacial score (nSPS) is 34.7. The standard InChI is InChI=1S/C10H11N3O9/c1-13-8(11)12-22-5(15)3-9(19)2-4(14)20-10(13,6(16)17)21-7(9)18/h19H,2-3H2,1H3,(H2,11,12)(H,16,17). The molecule has 0 aromatic carbocycles. The van der Waals surface area contributed by atoms with Crippen LogP contribution in [0.3, 0.4) is 0 Å². The molecular formula is C10H11N3O9. The van der Waals surface area contributed by atoms with Crippen LogP contribution in [0.5, 0.6) is 0 Å². The van der Waals surface area contributed by atoms with Crippen LogP contribution in [0.15, 0.2) is 5.16 Å². The van der Waals surface area contributed by atoms with Crippen LogP contribution in [-0.2, 0) is 33.5 Å². The van der Waals surface area contributed by atoms with Crippen LogP contribution in [0.2, 0.25) is 0 Å². The first-order chi connectivity index (χ1) is 10.1. The molecule has 2 aliphatic rings. The Bertz CT molecular complexity index is 602. The van der Waals surface area contributed by atoms with Crippen molar-refractivity contribution in [1.29, 1.82) is 0 Å². The van der Waals surface area contributed by atoms with E-state index in [0.717, 1.165) is 7.05 Å². The Morgan fingerprint density at radius 2 is 1.86 bits per heavy atom. The number of carboxylic acids is 1. The summed E-state index contributed by atoms with van der Waals surface area (Å²) in [6.07, 6.45) is -2.01. The smallest absolute Gasteiger partial charge is 0.448 e. The van der Waals surface area contributed by atoms with Gasteiger partial charge in [0.1, 0.15) is 0 Å². The van der Waals surface area contributed by atoms with Crippen LogP contribution in [0.4, 0.5) is 0 Å². The lowest BCUT2D eigenvalue weighted by Crippen LogP contribution is -2.62. The molecule has 120 valence electrons.